The van der Waals surface area contributed by atoms with Crippen molar-refractivity contribution in [3.05, 3.63) is 203 Å². The highest BCUT2D eigenvalue weighted by Crippen LogP contribution is 2.30. The van der Waals surface area contributed by atoms with Crippen molar-refractivity contribution in [1.82, 2.24) is 8.97 Å². The first-order valence-corrected chi connectivity index (χ1v) is 17.8. The van der Waals surface area contributed by atoms with Crippen LogP contribution >= 0.6 is 0 Å². The van der Waals surface area contributed by atoms with Crippen LogP contribution in [0.1, 0.15) is 39.8 Å². The molecule has 6 aromatic carbocycles. The van der Waals surface area contributed by atoms with E-state index in [9.17, 15) is 19.8 Å². The topological polar surface area (TPSA) is 80.3 Å². The number of aliphatic carboxylic acids is 2. The number of quaternary nitrogens is 2. The highest BCUT2D eigenvalue weighted by Gasteiger charge is 2.24. The van der Waals surface area contributed by atoms with Crippen molar-refractivity contribution in [2.75, 3.05) is 28.2 Å². The summed E-state index contributed by atoms with van der Waals surface area (Å²) in [6, 6.07) is 60.5. The smallest absolute Gasteiger partial charge is 0.136 e. The normalized spacial score (nSPS) is 10.9. The Balaban J connectivity index is 0.000000201. The molecule has 6 nitrogen and oxygen atoms in total. The Bertz CT molecular complexity index is 1850. The van der Waals surface area contributed by atoms with Gasteiger partial charge in [-0.3, -0.25) is 8.97 Å². The van der Waals surface area contributed by atoms with E-state index in [1.165, 1.54) is 44.8 Å². The standard InChI is InChI=1S/2C22H24N.C3H4O4/c2*1-23(2,18-20-13-7-4-8-14-20)22-16-10-9-15-21(22)17-19-11-5-3-6-12-19;4-2(5)1-3(6)7/h2*3-16H,17-18H2,1-2H3;1H2,(H,4,5)(H,6,7)/q2*+1;/p-2. The molecule has 0 aliphatic heterocycles. The summed E-state index contributed by atoms with van der Waals surface area (Å²) in [5.74, 6) is -3.25. The van der Waals surface area contributed by atoms with Gasteiger partial charge in [0.25, 0.3) is 0 Å². The second-order valence-corrected chi connectivity index (χ2v) is 14.2. The van der Waals surface area contributed by atoms with Crippen molar-refractivity contribution in [2.24, 2.45) is 0 Å². The minimum absolute atomic E-state index is 0.854. The highest BCUT2D eigenvalue weighted by atomic mass is 16.4. The molecule has 0 atom stereocenters. The molecule has 272 valence electrons. The van der Waals surface area contributed by atoms with E-state index in [1.54, 1.807) is 0 Å². The van der Waals surface area contributed by atoms with E-state index in [0.29, 0.717) is 0 Å². The predicted molar refractivity (Wildman–Crippen MR) is 214 cm³/mol. The number of hydrogen-bond acceptors (Lipinski definition) is 4. The number of carbonyl (C=O) groups excluding carboxylic acids is 2. The van der Waals surface area contributed by atoms with Crippen LogP contribution in [0.2, 0.25) is 0 Å². The molecule has 0 aliphatic carbocycles. The fraction of sp³-hybridized carbons (Fsp3) is 0.191. The summed E-state index contributed by atoms with van der Waals surface area (Å²) >= 11 is 0. The molecule has 0 fully saturated rings. The summed E-state index contributed by atoms with van der Waals surface area (Å²) < 4.78 is 1.71. The number of para-hydroxylation sites is 2. The van der Waals surface area contributed by atoms with Crippen molar-refractivity contribution in [1.29, 1.82) is 0 Å². The van der Waals surface area contributed by atoms with Crippen LogP contribution in [0, 0.1) is 0 Å². The monoisotopic (exact) mass is 706 g/mol. The Morgan fingerprint density at radius 2 is 0.660 bits per heavy atom. The van der Waals surface area contributed by atoms with E-state index in [0.717, 1.165) is 34.9 Å². The molecule has 6 heteroatoms. The van der Waals surface area contributed by atoms with Crippen molar-refractivity contribution in [3.63, 3.8) is 0 Å². The lowest BCUT2D eigenvalue weighted by Gasteiger charge is -2.31. The van der Waals surface area contributed by atoms with Gasteiger partial charge in [-0.2, -0.15) is 0 Å². The Labute approximate surface area is 315 Å². The van der Waals surface area contributed by atoms with Crippen molar-refractivity contribution in [3.8, 4) is 0 Å². The maximum absolute atomic E-state index is 9.28. The number of rotatable bonds is 12. The fourth-order valence-electron chi connectivity index (χ4n) is 6.50. The average Bonchev–Trinajstić information content (AvgIpc) is 3.13. The molecule has 0 spiro atoms. The molecule has 0 N–H and O–H groups in total. The zero-order chi connectivity index (χ0) is 38.1. The van der Waals surface area contributed by atoms with Gasteiger partial charge >= 0.3 is 0 Å². The number of benzene rings is 6. The van der Waals surface area contributed by atoms with Gasteiger partial charge in [0.05, 0.1) is 28.2 Å². The molecule has 6 aromatic rings. The van der Waals surface area contributed by atoms with Gasteiger partial charge in [-0.1, -0.05) is 158 Å². The predicted octanol–water partition coefficient (Wildman–Crippen LogP) is 6.97. The lowest BCUT2D eigenvalue weighted by atomic mass is 10.0. The van der Waals surface area contributed by atoms with Gasteiger partial charge < -0.3 is 19.8 Å². The molecule has 0 amide bonds. The number of carbonyl (C=O) groups is 2. The Morgan fingerprint density at radius 3 is 0.943 bits per heavy atom. The van der Waals surface area contributed by atoms with Gasteiger partial charge in [0.15, 0.2) is 0 Å². The minimum atomic E-state index is -1.63. The second kappa shape index (κ2) is 19.7. The second-order valence-electron chi connectivity index (χ2n) is 14.2. The third-order valence-electron chi connectivity index (χ3n) is 8.89. The van der Waals surface area contributed by atoms with Crippen LogP contribution in [-0.4, -0.2) is 40.1 Å². The number of hydrogen-bond donors (Lipinski definition) is 0. The molecule has 0 aliphatic rings. The van der Waals surface area contributed by atoms with Gasteiger partial charge in [0, 0.05) is 53.5 Å². The Morgan fingerprint density at radius 1 is 0.396 bits per heavy atom. The first-order valence-electron chi connectivity index (χ1n) is 17.8. The minimum Gasteiger partial charge on any atom is -0.550 e. The molecule has 0 saturated heterocycles. The van der Waals surface area contributed by atoms with Crippen LogP contribution in [0.15, 0.2) is 170 Å². The van der Waals surface area contributed by atoms with Gasteiger partial charge in [0.1, 0.15) is 24.5 Å². The van der Waals surface area contributed by atoms with Crippen molar-refractivity contribution >= 4 is 23.3 Å². The summed E-state index contributed by atoms with van der Waals surface area (Å²) in [4.78, 5) is 18.6. The van der Waals surface area contributed by atoms with E-state index in [-0.39, 0.29) is 0 Å². The quantitative estimate of drug-likeness (QED) is 0.102. The van der Waals surface area contributed by atoms with Crippen LogP contribution in [0.25, 0.3) is 0 Å². The molecule has 0 radical (unpaired) electrons. The van der Waals surface area contributed by atoms with E-state index < -0.39 is 18.4 Å². The summed E-state index contributed by atoms with van der Waals surface area (Å²) in [5.41, 5.74) is 11.0. The SMILES string of the molecule is C[N+](C)(Cc1ccccc1)c1ccccc1Cc1ccccc1.C[N+](C)(Cc1ccccc1)c1ccccc1Cc1ccccc1.O=C([O-])CC(=O)[O-]. The van der Waals surface area contributed by atoms with Gasteiger partial charge in [-0.05, 0) is 23.3 Å². The zero-order valence-corrected chi connectivity index (χ0v) is 31.2. The fourth-order valence-corrected chi connectivity index (χ4v) is 6.50. The van der Waals surface area contributed by atoms with Crippen molar-refractivity contribution < 1.29 is 19.8 Å². The van der Waals surface area contributed by atoms with Crippen LogP contribution in [-0.2, 0) is 35.5 Å². The van der Waals surface area contributed by atoms with Crippen LogP contribution in [0.3, 0.4) is 0 Å². The summed E-state index contributed by atoms with van der Waals surface area (Å²) in [5, 5.41) is 18.6. The van der Waals surface area contributed by atoms with Gasteiger partial charge in [-0.25, -0.2) is 0 Å². The van der Waals surface area contributed by atoms with Crippen molar-refractivity contribution in [2.45, 2.75) is 32.4 Å². The lowest BCUT2D eigenvalue weighted by molar-refractivity contribution is -0.322. The van der Waals surface area contributed by atoms with Crippen LogP contribution in [0.4, 0.5) is 11.4 Å². The molecule has 0 aromatic heterocycles. The maximum atomic E-state index is 9.28. The third-order valence-corrected chi connectivity index (χ3v) is 8.89. The lowest BCUT2D eigenvalue weighted by Crippen LogP contribution is -2.40. The maximum Gasteiger partial charge on any atom is 0.136 e. The third kappa shape index (κ3) is 13.3. The highest BCUT2D eigenvalue weighted by molar-refractivity contribution is 5.86. The van der Waals surface area contributed by atoms with E-state index in [2.05, 4.69) is 198 Å². The molecule has 0 unspecified atom stereocenters. The molecule has 0 heterocycles. The molecule has 0 saturated carbocycles. The first-order chi connectivity index (χ1) is 25.4. The molecular formula is C47H50N2O4. The number of carboxylic acid groups (broad SMARTS) is 2. The number of carboxylic acids is 2. The summed E-state index contributed by atoms with van der Waals surface area (Å²) in [7, 11) is 9.15. The van der Waals surface area contributed by atoms with E-state index in [1.807, 2.05) is 0 Å². The van der Waals surface area contributed by atoms with E-state index in [4.69, 9.17) is 0 Å². The molecule has 0 bridgehead atoms. The number of nitrogens with zero attached hydrogens (tertiary/aromatic N) is 2. The van der Waals surface area contributed by atoms with Gasteiger partial charge in [0.2, 0.25) is 0 Å². The molecular weight excluding hydrogens is 657 g/mol. The summed E-state index contributed by atoms with van der Waals surface area (Å²) in [6.07, 6.45) is 0.932. The molecule has 6 rings (SSSR count). The van der Waals surface area contributed by atoms with Crippen LogP contribution < -0.4 is 19.2 Å². The largest absolute Gasteiger partial charge is 0.550 e. The van der Waals surface area contributed by atoms with E-state index >= 15 is 0 Å². The average molecular weight is 707 g/mol. The summed E-state index contributed by atoms with van der Waals surface area (Å²) in [6.45, 7) is 1.99. The molecule has 53 heavy (non-hydrogen) atoms. The van der Waals surface area contributed by atoms with Crippen LogP contribution in [0.5, 0.6) is 0 Å². The first kappa shape index (κ1) is 40.0. The Kier molecular flexibility index (Phi) is 14.8. The Hall–Kier alpha value is -5.82. The zero-order valence-electron chi connectivity index (χ0n) is 31.2. The van der Waals surface area contributed by atoms with Gasteiger partial charge in [-0.15, -0.1) is 0 Å².